The molecule has 1 aliphatic rings. The third-order valence-electron chi connectivity index (χ3n) is 11.7. The zero-order chi connectivity index (χ0) is 35.3. The zero-order valence-electron chi connectivity index (χ0n) is 29.4. The molecule has 0 N–H and O–H groups in total. The third-order valence-corrected chi connectivity index (χ3v) is 14.1. The summed E-state index contributed by atoms with van der Waals surface area (Å²) in [5.74, 6) is 0. The molecule has 0 saturated heterocycles. The summed E-state index contributed by atoms with van der Waals surface area (Å²) in [6.45, 7) is 0. The molecule has 2 heterocycles. The predicted molar refractivity (Wildman–Crippen MR) is 238 cm³/mol. The van der Waals surface area contributed by atoms with Crippen LogP contribution in [0.3, 0.4) is 0 Å². The van der Waals surface area contributed by atoms with Crippen molar-refractivity contribution in [1.82, 2.24) is 0 Å². The topological polar surface area (TPSA) is 0 Å². The van der Waals surface area contributed by atoms with Crippen molar-refractivity contribution in [2.45, 2.75) is 12.8 Å². The first-order valence-electron chi connectivity index (χ1n) is 18.8. The molecule has 9 aromatic carbocycles. The fraction of sp³-hybridized carbons (Fsp3) is 0.0385. The largest absolute Gasteiger partial charge is 0.135 e. The Morgan fingerprint density at radius 1 is 0.389 bits per heavy atom. The van der Waals surface area contributed by atoms with E-state index in [1.165, 1.54) is 117 Å². The van der Waals surface area contributed by atoms with Crippen LogP contribution in [0.4, 0.5) is 0 Å². The first kappa shape index (κ1) is 30.4. The van der Waals surface area contributed by atoms with Crippen molar-refractivity contribution in [3.05, 3.63) is 174 Å². The van der Waals surface area contributed by atoms with E-state index in [1.807, 2.05) is 22.7 Å². The minimum atomic E-state index is 1.12. The molecule has 11 aromatic rings. The SMILES string of the molecule is C1=Cc2sc3c(c2CC1)c1ccccc1c1sc2ccc(-c4cccc(-c5c6ccccc6c(-c6ccc7ccccc7c6)c6ccccc56)c4)cc2c13. The summed E-state index contributed by atoms with van der Waals surface area (Å²) in [6.07, 6.45) is 6.94. The number of allylic oxidation sites excluding steroid dienone is 1. The standard InChI is InChI=1S/C52H32S2/c1-2-13-32-28-36(25-24-31(32)12-1)48-39-18-5-3-16-37(39)47(38-17-4-6-19-40(38)48)35-15-11-14-33(29-35)34-26-27-46-44(30-34)50-51(53-46)42-21-8-7-20-41(42)49-43-22-9-10-23-45(43)54-52(49)50/h1-8,10-21,23-30H,9,22H2. The van der Waals surface area contributed by atoms with Gasteiger partial charge in [0, 0.05) is 40.5 Å². The maximum atomic E-state index is 2.47. The van der Waals surface area contributed by atoms with E-state index in [-0.39, 0.29) is 0 Å². The molecule has 252 valence electrons. The van der Waals surface area contributed by atoms with Gasteiger partial charge in [0.2, 0.25) is 0 Å². The molecule has 54 heavy (non-hydrogen) atoms. The molecule has 0 radical (unpaired) electrons. The van der Waals surface area contributed by atoms with E-state index in [0.717, 1.165) is 12.8 Å². The van der Waals surface area contributed by atoms with Crippen molar-refractivity contribution in [2.75, 3.05) is 0 Å². The Morgan fingerprint density at radius 2 is 1.00 bits per heavy atom. The number of benzene rings is 9. The van der Waals surface area contributed by atoms with Crippen molar-refractivity contribution in [3.8, 4) is 33.4 Å². The summed E-state index contributed by atoms with van der Waals surface area (Å²) in [5.41, 5.74) is 9.11. The molecule has 0 nitrogen and oxygen atoms in total. The highest BCUT2D eigenvalue weighted by atomic mass is 32.1. The van der Waals surface area contributed by atoms with Crippen molar-refractivity contribution in [1.29, 1.82) is 0 Å². The van der Waals surface area contributed by atoms with E-state index < -0.39 is 0 Å². The molecule has 0 fully saturated rings. The van der Waals surface area contributed by atoms with Crippen LogP contribution in [0.5, 0.6) is 0 Å². The Morgan fingerprint density at radius 3 is 1.76 bits per heavy atom. The van der Waals surface area contributed by atoms with Crippen LogP contribution in [0.1, 0.15) is 16.9 Å². The molecule has 1 aliphatic carbocycles. The van der Waals surface area contributed by atoms with Gasteiger partial charge in [0.05, 0.1) is 0 Å². The van der Waals surface area contributed by atoms with E-state index >= 15 is 0 Å². The lowest BCUT2D eigenvalue weighted by atomic mass is 9.85. The molecule has 0 atom stereocenters. The lowest BCUT2D eigenvalue weighted by Crippen LogP contribution is -1.91. The van der Waals surface area contributed by atoms with Gasteiger partial charge in [0.25, 0.3) is 0 Å². The minimum absolute atomic E-state index is 1.12. The molecule has 0 aliphatic heterocycles. The molecule has 0 unspecified atom stereocenters. The monoisotopic (exact) mass is 720 g/mol. The van der Waals surface area contributed by atoms with E-state index in [4.69, 9.17) is 0 Å². The van der Waals surface area contributed by atoms with Gasteiger partial charge in [-0.25, -0.2) is 0 Å². The molecule has 0 spiro atoms. The van der Waals surface area contributed by atoms with Gasteiger partial charge in [-0.15, -0.1) is 22.7 Å². The second kappa shape index (κ2) is 11.7. The number of thiophene rings is 2. The fourth-order valence-electron chi connectivity index (χ4n) is 9.29. The fourth-order valence-corrected chi connectivity index (χ4v) is 11.9. The van der Waals surface area contributed by atoms with Gasteiger partial charge in [-0.05, 0) is 120 Å². The number of hydrogen-bond acceptors (Lipinski definition) is 2. The molecule has 2 heteroatoms. The Bertz CT molecular complexity index is 3330. The van der Waals surface area contributed by atoms with Crippen LogP contribution in [-0.4, -0.2) is 0 Å². The van der Waals surface area contributed by atoms with Crippen molar-refractivity contribution < 1.29 is 0 Å². The molecule has 12 rings (SSSR count). The zero-order valence-corrected chi connectivity index (χ0v) is 31.0. The average molecular weight is 721 g/mol. The summed E-state index contributed by atoms with van der Waals surface area (Å²) >= 11 is 3.93. The van der Waals surface area contributed by atoms with Gasteiger partial charge >= 0.3 is 0 Å². The number of hydrogen-bond donors (Lipinski definition) is 0. The molecular formula is C52H32S2. The summed E-state index contributed by atoms with van der Waals surface area (Å²) in [5, 5.41) is 14.7. The Kier molecular flexibility index (Phi) is 6.60. The summed E-state index contributed by atoms with van der Waals surface area (Å²) in [4.78, 5) is 1.43. The quantitative estimate of drug-likeness (QED) is 0.159. The highest BCUT2D eigenvalue weighted by molar-refractivity contribution is 7.28. The second-order valence-electron chi connectivity index (χ2n) is 14.6. The van der Waals surface area contributed by atoms with Crippen LogP contribution in [0.2, 0.25) is 0 Å². The summed E-state index contributed by atoms with van der Waals surface area (Å²) in [7, 11) is 0. The first-order valence-corrected chi connectivity index (χ1v) is 20.4. The highest BCUT2D eigenvalue weighted by Gasteiger charge is 2.22. The second-order valence-corrected chi connectivity index (χ2v) is 16.7. The number of fused-ring (bicyclic) bond motifs is 13. The number of aryl methyl sites for hydroxylation is 1. The molecule has 0 amide bonds. The molecule has 2 aromatic heterocycles. The summed E-state index contributed by atoms with van der Waals surface area (Å²) < 4.78 is 4.21. The van der Waals surface area contributed by atoms with Crippen LogP contribution < -0.4 is 0 Å². The third kappa shape index (κ3) is 4.42. The van der Waals surface area contributed by atoms with Gasteiger partial charge in [0.1, 0.15) is 0 Å². The van der Waals surface area contributed by atoms with Crippen LogP contribution in [0.15, 0.2) is 164 Å². The normalized spacial score (nSPS) is 13.0. The average Bonchev–Trinajstić information content (AvgIpc) is 3.82. The Labute approximate surface area is 320 Å². The van der Waals surface area contributed by atoms with Crippen molar-refractivity contribution in [3.63, 3.8) is 0 Å². The van der Waals surface area contributed by atoms with Gasteiger partial charge in [0.15, 0.2) is 0 Å². The van der Waals surface area contributed by atoms with E-state index in [9.17, 15) is 0 Å². The lowest BCUT2D eigenvalue weighted by Gasteiger charge is -2.18. The van der Waals surface area contributed by atoms with E-state index in [2.05, 4.69) is 170 Å². The maximum Gasteiger partial charge on any atom is 0.0451 e. The minimum Gasteiger partial charge on any atom is -0.135 e. The van der Waals surface area contributed by atoms with Crippen LogP contribution >= 0.6 is 22.7 Å². The molecular weight excluding hydrogens is 689 g/mol. The van der Waals surface area contributed by atoms with Gasteiger partial charge < -0.3 is 0 Å². The van der Waals surface area contributed by atoms with Crippen LogP contribution in [0.25, 0.3) is 113 Å². The van der Waals surface area contributed by atoms with Crippen molar-refractivity contribution >= 4 is 102 Å². The predicted octanol–water partition coefficient (Wildman–Crippen LogP) is 15.8. The van der Waals surface area contributed by atoms with E-state index in [1.54, 1.807) is 0 Å². The van der Waals surface area contributed by atoms with Crippen LogP contribution in [-0.2, 0) is 6.42 Å². The van der Waals surface area contributed by atoms with Crippen LogP contribution in [0, 0.1) is 0 Å². The van der Waals surface area contributed by atoms with Crippen molar-refractivity contribution in [2.24, 2.45) is 0 Å². The Balaban J connectivity index is 1.08. The summed E-state index contributed by atoms with van der Waals surface area (Å²) in [6, 6.07) is 59.0. The van der Waals surface area contributed by atoms with E-state index in [0.29, 0.717) is 0 Å². The van der Waals surface area contributed by atoms with Gasteiger partial charge in [-0.1, -0.05) is 140 Å². The number of rotatable bonds is 3. The van der Waals surface area contributed by atoms with Gasteiger partial charge in [-0.2, -0.15) is 0 Å². The lowest BCUT2D eigenvalue weighted by molar-refractivity contribution is 1.01. The smallest absolute Gasteiger partial charge is 0.0451 e. The Hall–Kier alpha value is -6.06. The molecule has 0 bridgehead atoms. The highest BCUT2D eigenvalue weighted by Crippen LogP contribution is 2.50. The molecule has 0 saturated carbocycles. The van der Waals surface area contributed by atoms with Gasteiger partial charge in [-0.3, -0.25) is 0 Å². The maximum absolute atomic E-state index is 2.47. The first-order chi connectivity index (χ1) is 26.8.